The Balaban J connectivity index is 1.31. The number of nitrogens with one attached hydrogen (secondary N) is 1. The fraction of sp³-hybridized carbons (Fsp3) is 0.320. The van der Waals surface area contributed by atoms with Crippen molar-refractivity contribution in [1.82, 2.24) is 4.31 Å². The maximum absolute atomic E-state index is 13.1. The molecule has 0 aromatic heterocycles. The van der Waals surface area contributed by atoms with Crippen molar-refractivity contribution in [2.45, 2.75) is 31.4 Å². The number of amides is 1. The number of rotatable bonds is 5. The molecule has 1 aliphatic carbocycles. The van der Waals surface area contributed by atoms with E-state index in [1.807, 2.05) is 18.2 Å². The summed E-state index contributed by atoms with van der Waals surface area (Å²) >= 11 is 12.0. The van der Waals surface area contributed by atoms with Crippen molar-refractivity contribution >= 4 is 55.6 Å². The zero-order valence-corrected chi connectivity index (χ0v) is 20.3. The number of nitrogens with zero attached hydrogens (tertiary/aromatic N) is 1. The Morgan fingerprint density at radius 2 is 1.82 bits per heavy atom. The summed E-state index contributed by atoms with van der Waals surface area (Å²) in [5.41, 5.74) is 3.99. The molecule has 0 radical (unpaired) electrons. The first-order chi connectivity index (χ1) is 15.8. The van der Waals surface area contributed by atoms with Crippen LogP contribution in [-0.2, 0) is 33.4 Å². The molecule has 3 aromatic rings. The molecule has 1 aliphatic heterocycles. The zero-order valence-electron chi connectivity index (χ0n) is 18.0. The molecule has 1 amide bonds. The normalized spacial score (nSPS) is 18.5. The van der Waals surface area contributed by atoms with Gasteiger partial charge in [-0.2, -0.15) is 0 Å². The summed E-state index contributed by atoms with van der Waals surface area (Å²) < 4.78 is 27.5. The van der Waals surface area contributed by atoms with Gasteiger partial charge in [0.15, 0.2) is 0 Å². The first-order valence-electron chi connectivity index (χ1n) is 11.1. The van der Waals surface area contributed by atoms with Crippen LogP contribution < -0.4 is 5.32 Å². The van der Waals surface area contributed by atoms with Crippen LogP contribution in [0.15, 0.2) is 48.5 Å². The lowest BCUT2D eigenvalue weighted by atomic mass is 9.98. The van der Waals surface area contributed by atoms with Crippen LogP contribution in [0.4, 0.5) is 5.69 Å². The minimum Gasteiger partial charge on any atom is -0.325 e. The van der Waals surface area contributed by atoms with Gasteiger partial charge in [-0.15, -0.1) is 0 Å². The topological polar surface area (TPSA) is 66.5 Å². The Labute approximate surface area is 203 Å². The minimum absolute atomic E-state index is 0.136. The molecule has 1 saturated heterocycles. The average Bonchev–Trinajstić information content (AvgIpc) is 3.23. The van der Waals surface area contributed by atoms with E-state index in [1.54, 1.807) is 18.2 Å². The summed E-state index contributed by atoms with van der Waals surface area (Å²) in [6, 6.07) is 15.1. The van der Waals surface area contributed by atoms with Gasteiger partial charge in [-0.3, -0.25) is 4.79 Å². The molecule has 0 bridgehead atoms. The maximum atomic E-state index is 13.1. The van der Waals surface area contributed by atoms with Gasteiger partial charge in [0.25, 0.3) is 0 Å². The van der Waals surface area contributed by atoms with Crippen molar-refractivity contribution in [3.8, 4) is 0 Å². The maximum Gasteiger partial charge on any atom is 0.228 e. The van der Waals surface area contributed by atoms with Crippen molar-refractivity contribution in [3.05, 3.63) is 75.3 Å². The van der Waals surface area contributed by atoms with Gasteiger partial charge in [0.2, 0.25) is 15.9 Å². The Kier molecular flexibility index (Phi) is 6.12. The molecule has 33 heavy (non-hydrogen) atoms. The van der Waals surface area contributed by atoms with E-state index in [-0.39, 0.29) is 18.2 Å². The number of piperidine rings is 1. The van der Waals surface area contributed by atoms with E-state index in [0.29, 0.717) is 35.0 Å². The minimum atomic E-state index is -3.59. The number of anilines is 1. The second-order valence-corrected chi connectivity index (χ2v) is 11.6. The quantitative estimate of drug-likeness (QED) is 0.505. The van der Waals surface area contributed by atoms with Gasteiger partial charge < -0.3 is 5.32 Å². The van der Waals surface area contributed by atoms with Crippen molar-refractivity contribution < 1.29 is 13.2 Å². The van der Waals surface area contributed by atoms with E-state index >= 15 is 0 Å². The van der Waals surface area contributed by atoms with Gasteiger partial charge in [-0.25, -0.2) is 12.7 Å². The van der Waals surface area contributed by atoms with E-state index < -0.39 is 15.9 Å². The summed E-state index contributed by atoms with van der Waals surface area (Å²) in [5.74, 6) is -0.707. The molecular formula is C25H24Cl2N2O3S. The van der Waals surface area contributed by atoms with Crippen LogP contribution in [0, 0.1) is 5.92 Å². The first-order valence-corrected chi connectivity index (χ1v) is 13.4. The van der Waals surface area contributed by atoms with E-state index in [4.69, 9.17) is 23.2 Å². The van der Waals surface area contributed by atoms with E-state index in [1.165, 1.54) is 20.8 Å². The predicted molar refractivity (Wildman–Crippen MR) is 133 cm³/mol. The Hall–Kier alpha value is -2.12. The highest BCUT2D eigenvalue weighted by Gasteiger charge is 2.33. The van der Waals surface area contributed by atoms with E-state index in [0.717, 1.165) is 23.9 Å². The van der Waals surface area contributed by atoms with Crippen molar-refractivity contribution in [1.29, 1.82) is 0 Å². The third-order valence-electron chi connectivity index (χ3n) is 6.62. The van der Waals surface area contributed by atoms with Gasteiger partial charge >= 0.3 is 0 Å². The van der Waals surface area contributed by atoms with Gasteiger partial charge in [-0.1, -0.05) is 53.5 Å². The van der Waals surface area contributed by atoms with Crippen molar-refractivity contribution in [2.24, 2.45) is 5.92 Å². The Morgan fingerprint density at radius 3 is 2.61 bits per heavy atom. The van der Waals surface area contributed by atoms with Crippen LogP contribution in [-0.4, -0.2) is 31.7 Å². The number of hydrogen-bond acceptors (Lipinski definition) is 3. The third kappa shape index (κ3) is 4.50. The lowest BCUT2D eigenvalue weighted by Crippen LogP contribution is -2.44. The van der Waals surface area contributed by atoms with Crippen LogP contribution in [0.2, 0.25) is 10.0 Å². The Bertz CT molecular complexity index is 1350. The number of carbonyl (C=O) groups excluding carboxylic acids is 1. The lowest BCUT2D eigenvalue weighted by Gasteiger charge is -2.31. The zero-order chi connectivity index (χ0) is 23.2. The molecule has 1 atom stereocenters. The summed E-state index contributed by atoms with van der Waals surface area (Å²) in [4.78, 5) is 13.1. The number of hydrogen-bond donors (Lipinski definition) is 1. The molecule has 1 fully saturated rings. The van der Waals surface area contributed by atoms with Crippen LogP contribution in [0.1, 0.15) is 29.5 Å². The predicted octanol–water partition coefficient (Wildman–Crippen LogP) is 5.43. The highest BCUT2D eigenvalue weighted by Crippen LogP contribution is 2.35. The van der Waals surface area contributed by atoms with Crippen molar-refractivity contribution in [3.63, 3.8) is 0 Å². The number of benzene rings is 3. The molecule has 1 N–H and O–H groups in total. The molecule has 8 heteroatoms. The lowest BCUT2D eigenvalue weighted by molar-refractivity contribution is -0.120. The van der Waals surface area contributed by atoms with Crippen LogP contribution >= 0.6 is 23.2 Å². The molecule has 2 aliphatic rings. The third-order valence-corrected chi connectivity index (χ3v) is 9.17. The largest absolute Gasteiger partial charge is 0.325 e. The number of carbonyl (C=O) groups is 1. The van der Waals surface area contributed by atoms with Crippen LogP contribution in [0.5, 0.6) is 0 Å². The Morgan fingerprint density at radius 1 is 1.03 bits per heavy atom. The molecule has 0 saturated carbocycles. The average molecular weight is 503 g/mol. The van der Waals surface area contributed by atoms with Gasteiger partial charge in [-0.05, 0) is 66.0 Å². The number of aryl methyl sites for hydroxylation is 2. The van der Waals surface area contributed by atoms with Gasteiger partial charge in [0, 0.05) is 24.2 Å². The highest BCUT2D eigenvalue weighted by molar-refractivity contribution is 7.88. The molecule has 5 nitrogen and oxygen atoms in total. The fourth-order valence-electron chi connectivity index (χ4n) is 4.93. The number of sulfonamides is 1. The number of halogens is 2. The monoisotopic (exact) mass is 502 g/mol. The molecular weight excluding hydrogens is 479 g/mol. The molecule has 1 unspecified atom stereocenters. The second-order valence-electron chi connectivity index (χ2n) is 8.80. The van der Waals surface area contributed by atoms with Crippen LogP contribution in [0.3, 0.4) is 0 Å². The summed E-state index contributed by atoms with van der Waals surface area (Å²) in [7, 11) is -3.59. The van der Waals surface area contributed by atoms with Gasteiger partial charge in [0.05, 0.1) is 21.7 Å². The van der Waals surface area contributed by atoms with Gasteiger partial charge in [0.1, 0.15) is 0 Å². The smallest absolute Gasteiger partial charge is 0.228 e. The molecule has 5 rings (SSSR count). The van der Waals surface area contributed by atoms with Crippen molar-refractivity contribution in [2.75, 3.05) is 18.4 Å². The summed E-state index contributed by atoms with van der Waals surface area (Å²) in [6.07, 6.45) is 3.35. The molecule has 3 aromatic carbocycles. The standard InChI is InChI=1S/C25H24Cl2N2O3S/c26-21-10-6-16(13-22(21)27)15-33(31,32)29-12-2-4-19(14-29)25(30)28-23-11-9-18-8-7-17-3-1-5-20(23)24(17)18/h1,3,5-6,9-11,13,19H,2,4,7-8,12,14-15H2,(H,28,30). The van der Waals surface area contributed by atoms with E-state index in [9.17, 15) is 13.2 Å². The first kappa shape index (κ1) is 22.7. The summed E-state index contributed by atoms with van der Waals surface area (Å²) in [5, 5.41) is 6.08. The molecule has 0 spiro atoms. The fourth-order valence-corrected chi connectivity index (χ4v) is 6.85. The summed E-state index contributed by atoms with van der Waals surface area (Å²) in [6.45, 7) is 0.588. The molecule has 172 valence electrons. The highest BCUT2D eigenvalue weighted by atomic mass is 35.5. The SMILES string of the molecule is O=C(Nc1ccc2c3c(cccc13)CC2)C1CCCN(S(=O)(=O)Cc2ccc(Cl)c(Cl)c2)C1. The van der Waals surface area contributed by atoms with Crippen LogP contribution in [0.25, 0.3) is 10.8 Å². The van der Waals surface area contributed by atoms with E-state index in [2.05, 4.69) is 17.4 Å². The molecule has 1 heterocycles. The second kappa shape index (κ2) is 8.91.